The normalized spacial score (nSPS) is 19.8. The van der Waals surface area contributed by atoms with Gasteiger partial charge in [-0.05, 0) is 31.4 Å². The molecule has 1 amide bonds. The summed E-state index contributed by atoms with van der Waals surface area (Å²) in [7, 11) is 1.85. The third-order valence-electron chi connectivity index (χ3n) is 5.02. The molecule has 1 aromatic rings. The second-order valence-electron chi connectivity index (χ2n) is 7.62. The number of hydrogen-bond donors (Lipinski definition) is 1. The number of aliphatic imine (C=N–C) groups is 1. The summed E-state index contributed by atoms with van der Waals surface area (Å²) in [5.41, 5.74) is 2.46. The highest BCUT2D eigenvalue weighted by molar-refractivity contribution is 14.0. The largest absolute Gasteiger partial charge is 0.352 e. The molecule has 2 fully saturated rings. The molecule has 2 saturated heterocycles. The van der Waals surface area contributed by atoms with Gasteiger partial charge in [-0.25, -0.2) is 0 Å². The van der Waals surface area contributed by atoms with Crippen molar-refractivity contribution in [3.05, 3.63) is 35.4 Å². The molecule has 5 nitrogen and oxygen atoms in total. The fraction of sp³-hybridized carbons (Fsp3) is 0.600. The van der Waals surface area contributed by atoms with Crippen LogP contribution in [0.2, 0.25) is 0 Å². The Balaban J connectivity index is 0.00000261. The summed E-state index contributed by atoms with van der Waals surface area (Å²) >= 11 is 2.02. The lowest BCUT2D eigenvalue weighted by molar-refractivity contribution is -0.128. The van der Waals surface area contributed by atoms with Gasteiger partial charge in [0.15, 0.2) is 5.96 Å². The van der Waals surface area contributed by atoms with Crippen molar-refractivity contribution in [1.29, 1.82) is 0 Å². The summed E-state index contributed by atoms with van der Waals surface area (Å²) in [6.45, 7) is 8.93. The summed E-state index contributed by atoms with van der Waals surface area (Å²) in [5, 5.41) is 3.53. The van der Waals surface area contributed by atoms with E-state index in [1.54, 1.807) is 0 Å². The first kappa shape index (κ1) is 22.3. The molecule has 0 unspecified atom stereocenters. The van der Waals surface area contributed by atoms with Gasteiger partial charge >= 0.3 is 0 Å². The molecule has 0 aromatic heterocycles. The van der Waals surface area contributed by atoms with Crippen molar-refractivity contribution in [2.45, 2.75) is 44.5 Å². The quantitative estimate of drug-likeness (QED) is 0.390. The first-order chi connectivity index (χ1) is 12.5. The van der Waals surface area contributed by atoms with E-state index in [0.29, 0.717) is 13.0 Å². The molecule has 1 aromatic carbocycles. The Kier molecular flexibility index (Phi) is 8.27. The van der Waals surface area contributed by atoms with E-state index in [1.165, 1.54) is 11.1 Å². The molecule has 2 aliphatic heterocycles. The van der Waals surface area contributed by atoms with Gasteiger partial charge in [-0.1, -0.05) is 24.3 Å². The average molecular weight is 502 g/mol. The van der Waals surface area contributed by atoms with E-state index in [1.807, 2.05) is 23.7 Å². The van der Waals surface area contributed by atoms with Crippen LogP contribution in [0.25, 0.3) is 0 Å². The van der Waals surface area contributed by atoms with E-state index < -0.39 is 0 Å². The van der Waals surface area contributed by atoms with Crippen LogP contribution in [0.3, 0.4) is 0 Å². The molecule has 0 radical (unpaired) electrons. The minimum absolute atomic E-state index is 0. The second kappa shape index (κ2) is 10.0. The van der Waals surface area contributed by atoms with Crippen LogP contribution in [-0.4, -0.2) is 58.8 Å². The Bertz CT molecular complexity index is 680. The number of carbonyl (C=O) groups is 1. The maximum Gasteiger partial charge on any atom is 0.222 e. The zero-order valence-electron chi connectivity index (χ0n) is 16.5. The lowest BCUT2D eigenvalue weighted by Crippen LogP contribution is -2.50. The standard InChI is InChI=1S/C20H30N4OS.HI/c1-20(2)15-24(11-12-26-20)19(21-3)22-13-16-7-4-5-8-17(16)14-23-10-6-9-18(23)25;/h4-5,7-8H,6,9-15H2,1-3H3,(H,21,22);1H. The highest BCUT2D eigenvalue weighted by atomic mass is 127. The first-order valence-electron chi connectivity index (χ1n) is 9.42. The minimum Gasteiger partial charge on any atom is -0.352 e. The second-order valence-corrected chi connectivity index (χ2v) is 9.42. The average Bonchev–Trinajstić information content (AvgIpc) is 3.01. The topological polar surface area (TPSA) is 47.9 Å². The number of carbonyl (C=O) groups excluding carboxylic acids is 1. The Morgan fingerprint density at radius 3 is 2.63 bits per heavy atom. The lowest BCUT2D eigenvalue weighted by atomic mass is 10.1. The van der Waals surface area contributed by atoms with Crippen molar-refractivity contribution in [1.82, 2.24) is 15.1 Å². The summed E-state index contributed by atoms with van der Waals surface area (Å²) < 4.78 is 0.254. The zero-order valence-corrected chi connectivity index (χ0v) is 19.7. The van der Waals surface area contributed by atoms with Crippen LogP contribution < -0.4 is 5.32 Å². The van der Waals surface area contributed by atoms with Crippen molar-refractivity contribution in [2.75, 3.05) is 32.4 Å². The van der Waals surface area contributed by atoms with Crippen LogP contribution in [0.1, 0.15) is 37.8 Å². The summed E-state index contributed by atoms with van der Waals surface area (Å²) in [6, 6.07) is 8.40. The monoisotopic (exact) mass is 502 g/mol. The van der Waals surface area contributed by atoms with Crippen LogP contribution in [-0.2, 0) is 17.9 Å². The Labute approximate surface area is 184 Å². The number of hydrogen-bond acceptors (Lipinski definition) is 3. The van der Waals surface area contributed by atoms with Gasteiger partial charge in [0.25, 0.3) is 0 Å². The van der Waals surface area contributed by atoms with Crippen LogP contribution in [0.4, 0.5) is 0 Å². The maximum atomic E-state index is 12.0. The Hall–Kier alpha value is -0.960. The van der Waals surface area contributed by atoms with E-state index in [0.717, 1.165) is 44.3 Å². The molecule has 0 spiro atoms. The van der Waals surface area contributed by atoms with Crippen molar-refractivity contribution < 1.29 is 4.79 Å². The van der Waals surface area contributed by atoms with Crippen LogP contribution in [0, 0.1) is 0 Å². The van der Waals surface area contributed by atoms with Gasteiger partial charge in [0.2, 0.25) is 5.91 Å². The van der Waals surface area contributed by atoms with Crippen LogP contribution in [0.5, 0.6) is 0 Å². The summed E-state index contributed by atoms with van der Waals surface area (Å²) in [6.07, 6.45) is 1.67. The molecule has 2 heterocycles. The van der Waals surface area contributed by atoms with Gasteiger partial charge in [0.1, 0.15) is 0 Å². The van der Waals surface area contributed by atoms with Gasteiger partial charge in [-0.3, -0.25) is 9.79 Å². The smallest absolute Gasteiger partial charge is 0.222 e. The molecule has 1 N–H and O–H groups in total. The number of halogens is 1. The number of rotatable bonds is 4. The minimum atomic E-state index is 0. The van der Waals surface area contributed by atoms with Crippen molar-refractivity contribution in [3.63, 3.8) is 0 Å². The zero-order chi connectivity index (χ0) is 18.6. The maximum absolute atomic E-state index is 12.0. The SMILES string of the molecule is CN=C(NCc1ccccc1CN1CCCC1=O)N1CCSC(C)(C)C1.I. The fourth-order valence-corrected chi connectivity index (χ4v) is 4.78. The molecule has 2 aliphatic rings. The predicted molar refractivity (Wildman–Crippen MR) is 125 cm³/mol. The number of guanidine groups is 1. The lowest BCUT2D eigenvalue weighted by Gasteiger charge is -2.39. The summed E-state index contributed by atoms with van der Waals surface area (Å²) in [4.78, 5) is 20.8. The number of thioether (sulfide) groups is 1. The predicted octanol–water partition coefficient (Wildman–Crippen LogP) is 3.33. The number of benzene rings is 1. The Morgan fingerprint density at radius 1 is 1.26 bits per heavy atom. The number of amides is 1. The van der Waals surface area contributed by atoms with Gasteiger partial charge in [0, 0.05) is 56.7 Å². The van der Waals surface area contributed by atoms with Crippen molar-refractivity contribution in [3.8, 4) is 0 Å². The highest BCUT2D eigenvalue weighted by Crippen LogP contribution is 2.29. The van der Waals surface area contributed by atoms with E-state index in [2.05, 4.69) is 53.3 Å². The number of nitrogens with one attached hydrogen (secondary N) is 1. The highest BCUT2D eigenvalue weighted by Gasteiger charge is 2.28. The van der Waals surface area contributed by atoms with Crippen molar-refractivity contribution in [2.24, 2.45) is 4.99 Å². The molecule has 0 saturated carbocycles. The molecule has 27 heavy (non-hydrogen) atoms. The van der Waals surface area contributed by atoms with Gasteiger partial charge in [-0.2, -0.15) is 11.8 Å². The van der Waals surface area contributed by atoms with Crippen LogP contribution >= 0.6 is 35.7 Å². The number of likely N-dealkylation sites (tertiary alicyclic amines) is 1. The molecule has 3 rings (SSSR count). The van der Waals surface area contributed by atoms with Crippen molar-refractivity contribution >= 4 is 47.6 Å². The molecule has 150 valence electrons. The van der Waals surface area contributed by atoms with E-state index in [-0.39, 0.29) is 34.6 Å². The van der Waals surface area contributed by atoms with Gasteiger partial charge in [-0.15, -0.1) is 24.0 Å². The first-order valence-corrected chi connectivity index (χ1v) is 10.4. The molecule has 0 bridgehead atoms. The fourth-order valence-electron chi connectivity index (χ4n) is 3.66. The third kappa shape index (κ3) is 6.01. The molecular formula is C20H31IN4OS. The van der Waals surface area contributed by atoms with Gasteiger partial charge < -0.3 is 15.1 Å². The molecule has 7 heteroatoms. The third-order valence-corrected chi connectivity index (χ3v) is 6.32. The molecule has 0 atom stereocenters. The summed E-state index contributed by atoms with van der Waals surface area (Å²) in [5.74, 6) is 2.36. The van der Waals surface area contributed by atoms with E-state index in [4.69, 9.17) is 0 Å². The van der Waals surface area contributed by atoms with E-state index in [9.17, 15) is 4.79 Å². The molecule has 0 aliphatic carbocycles. The van der Waals surface area contributed by atoms with Crippen LogP contribution in [0.15, 0.2) is 29.3 Å². The molecular weight excluding hydrogens is 471 g/mol. The van der Waals surface area contributed by atoms with E-state index >= 15 is 0 Å². The number of nitrogens with zero attached hydrogens (tertiary/aromatic N) is 3. The van der Waals surface area contributed by atoms with Gasteiger partial charge in [0.05, 0.1) is 0 Å². The Morgan fingerprint density at radius 2 is 2.00 bits per heavy atom.